The average molecular weight is 756 g/mol. The van der Waals surface area contributed by atoms with Crippen LogP contribution in [0.1, 0.15) is 79.6 Å². The number of ketones is 1. The zero-order valence-corrected chi connectivity index (χ0v) is 32.7. The Balaban J connectivity index is 1.34. The molecule has 1 saturated heterocycles. The van der Waals surface area contributed by atoms with Gasteiger partial charge in [0, 0.05) is 38.9 Å². The summed E-state index contributed by atoms with van der Waals surface area (Å²) in [5, 5.41) is 11.2. The van der Waals surface area contributed by atoms with Crippen molar-refractivity contribution in [1.82, 2.24) is 35.5 Å². The fourth-order valence-electron chi connectivity index (χ4n) is 8.19. The van der Waals surface area contributed by atoms with Crippen LogP contribution in [0.2, 0.25) is 0 Å². The molecule has 2 heterocycles. The van der Waals surface area contributed by atoms with Gasteiger partial charge in [0.2, 0.25) is 17.6 Å². The van der Waals surface area contributed by atoms with Gasteiger partial charge in [-0.05, 0) is 72.3 Å². The number of urea groups is 1. The summed E-state index contributed by atoms with van der Waals surface area (Å²) in [5.74, 6) is -2.70. The average Bonchev–Trinajstić information content (AvgIpc) is 4.00. The molecule has 4 N–H and O–H groups in total. The van der Waals surface area contributed by atoms with Crippen molar-refractivity contribution >= 4 is 39.6 Å². The monoisotopic (exact) mass is 755 g/mol. The number of hydrogen-bond donors (Lipinski definition) is 4. The van der Waals surface area contributed by atoms with E-state index >= 15 is 0 Å². The molecule has 0 spiro atoms. The number of carbonyl (C=O) groups excluding carboxylic acids is 5. The van der Waals surface area contributed by atoms with Crippen LogP contribution in [0.5, 0.6) is 0 Å². The van der Waals surface area contributed by atoms with E-state index in [2.05, 4.69) is 46.7 Å². The summed E-state index contributed by atoms with van der Waals surface area (Å²) in [6.45, 7) is 13.8. The smallest absolute Gasteiger partial charge is 0.315 e. The third-order valence-corrected chi connectivity index (χ3v) is 13.6. The molecular formula is C38H57N7O7S. The van der Waals surface area contributed by atoms with Gasteiger partial charge in [0.15, 0.2) is 5.03 Å². The maximum atomic E-state index is 14.7. The molecule has 0 aromatic carbocycles. The first-order valence-electron chi connectivity index (χ1n) is 18.9. The summed E-state index contributed by atoms with van der Waals surface area (Å²) in [7, 11) is -2.50. The topological polar surface area (TPSA) is 187 Å². The maximum absolute atomic E-state index is 14.7. The third-order valence-electron chi connectivity index (χ3n) is 11.8. The van der Waals surface area contributed by atoms with E-state index in [1.165, 1.54) is 29.7 Å². The van der Waals surface area contributed by atoms with Crippen molar-refractivity contribution in [2.75, 3.05) is 26.7 Å². The van der Waals surface area contributed by atoms with E-state index in [4.69, 9.17) is 0 Å². The van der Waals surface area contributed by atoms with Crippen LogP contribution in [0.3, 0.4) is 0 Å². The Hall–Kier alpha value is -3.85. The molecule has 3 saturated carbocycles. The minimum atomic E-state index is -3.94. The molecule has 0 bridgehead atoms. The number of nitrogens with one attached hydrogen (secondary N) is 4. The third kappa shape index (κ3) is 8.93. The van der Waals surface area contributed by atoms with Gasteiger partial charge in [-0.1, -0.05) is 66.0 Å². The van der Waals surface area contributed by atoms with Crippen LogP contribution in [-0.4, -0.2) is 103 Å². The summed E-state index contributed by atoms with van der Waals surface area (Å²) in [4.78, 5) is 74.1. The number of likely N-dealkylation sites (tertiary alicyclic amines) is 1. The van der Waals surface area contributed by atoms with E-state index in [0.717, 1.165) is 32.1 Å². The normalized spacial score (nSPS) is 24.3. The van der Waals surface area contributed by atoms with Crippen LogP contribution >= 0.6 is 0 Å². The van der Waals surface area contributed by atoms with Crippen LogP contribution in [0.25, 0.3) is 0 Å². The van der Waals surface area contributed by atoms with Gasteiger partial charge >= 0.3 is 6.03 Å². The molecule has 6 atom stereocenters. The molecule has 4 fully saturated rings. The molecule has 3 aliphatic carbocycles. The first-order valence-corrected chi connectivity index (χ1v) is 20.3. The number of amides is 5. The van der Waals surface area contributed by atoms with Crippen molar-refractivity contribution in [3.8, 4) is 0 Å². The quantitative estimate of drug-likeness (QED) is 0.155. The standard InChI is InChI=1S/C38H57N7O7S/c1-8-19-40-34(48)32(46)29(24-17-18-24)42-33(47)31-28-25(38(28,5)6)21-45(31)35(49)30(23-14-10-9-11-15-23)43-36(50)41-26(37(2,3)4)22-44(7)53(51,52)27-16-12-13-20-39-27/h8,12-13,16,20,23-26,28-31H,1,9-11,14-15,17-19,21-22H2,2-7H3,(H,40,48)(H,42,47)(H2,41,43,50)/t25-,26+,28-,29?,30-,31-/m0/s1. The van der Waals surface area contributed by atoms with Crippen LogP contribution in [0, 0.1) is 34.5 Å². The predicted octanol–water partition coefficient (Wildman–Crippen LogP) is 2.61. The molecule has 1 aromatic rings. The maximum Gasteiger partial charge on any atom is 0.315 e. The molecule has 14 nitrogen and oxygen atoms in total. The predicted molar refractivity (Wildman–Crippen MR) is 198 cm³/mol. The Labute approximate surface area is 313 Å². The lowest BCUT2D eigenvalue weighted by Gasteiger charge is -2.38. The SMILES string of the molecule is C=CCNC(=O)C(=O)C(NC(=O)[C@@H]1[C@@H]2[C@H](CN1C(=O)[C@@H](NC(=O)N[C@H](CN(C)S(=O)(=O)c1ccccn1)C(C)(C)C)C1CCCCC1)C2(C)C)C1CC1. The number of nitrogens with zero attached hydrogens (tertiary/aromatic N) is 3. The minimum Gasteiger partial charge on any atom is -0.346 e. The first-order chi connectivity index (χ1) is 24.9. The largest absolute Gasteiger partial charge is 0.346 e. The lowest BCUT2D eigenvalue weighted by molar-refractivity contribution is -0.145. The fourth-order valence-corrected chi connectivity index (χ4v) is 9.30. The second kappa shape index (κ2) is 15.9. The summed E-state index contributed by atoms with van der Waals surface area (Å²) in [5.41, 5.74) is -0.773. The number of pyridine rings is 1. The summed E-state index contributed by atoms with van der Waals surface area (Å²) in [6.07, 6.45) is 8.58. The zero-order chi connectivity index (χ0) is 38.9. The lowest BCUT2D eigenvalue weighted by Crippen LogP contribution is -2.62. The Morgan fingerprint density at radius 3 is 2.25 bits per heavy atom. The van der Waals surface area contributed by atoms with Crippen LogP contribution in [-0.2, 0) is 29.2 Å². The number of piperidine rings is 1. The molecule has 1 aromatic heterocycles. The Morgan fingerprint density at radius 2 is 1.66 bits per heavy atom. The van der Waals surface area contributed by atoms with Gasteiger partial charge < -0.3 is 26.2 Å². The van der Waals surface area contributed by atoms with Gasteiger partial charge in [0.1, 0.15) is 18.1 Å². The zero-order valence-electron chi connectivity index (χ0n) is 31.9. The number of carbonyl (C=O) groups is 5. The van der Waals surface area contributed by atoms with Gasteiger partial charge in [0.05, 0.1) is 0 Å². The van der Waals surface area contributed by atoms with Crippen molar-refractivity contribution in [3.05, 3.63) is 37.1 Å². The molecule has 4 aliphatic rings. The number of sulfonamides is 1. The van der Waals surface area contributed by atoms with Crippen LogP contribution < -0.4 is 21.3 Å². The van der Waals surface area contributed by atoms with Crippen molar-refractivity contribution in [2.45, 2.75) is 109 Å². The highest BCUT2D eigenvalue weighted by molar-refractivity contribution is 7.89. The van der Waals surface area contributed by atoms with Gasteiger partial charge in [0.25, 0.3) is 15.9 Å². The molecule has 0 radical (unpaired) electrons. The van der Waals surface area contributed by atoms with E-state index in [1.807, 2.05) is 20.8 Å². The molecule has 1 unspecified atom stereocenters. The molecule has 53 heavy (non-hydrogen) atoms. The highest BCUT2D eigenvalue weighted by Gasteiger charge is 2.70. The molecule has 292 valence electrons. The first kappa shape index (κ1) is 40.3. The lowest BCUT2D eigenvalue weighted by atomic mass is 9.83. The Morgan fingerprint density at radius 1 is 1.00 bits per heavy atom. The number of Topliss-reactive ketones (excluding diaryl/α,β-unsaturated/α-hetero) is 1. The summed E-state index contributed by atoms with van der Waals surface area (Å²) >= 11 is 0. The second-order valence-electron chi connectivity index (χ2n) is 16.9. The van der Waals surface area contributed by atoms with Crippen LogP contribution in [0.4, 0.5) is 4.79 Å². The van der Waals surface area contributed by atoms with E-state index in [-0.39, 0.29) is 53.1 Å². The molecule has 1 aliphatic heterocycles. The van der Waals surface area contributed by atoms with Crippen molar-refractivity contribution in [3.63, 3.8) is 0 Å². The van der Waals surface area contributed by atoms with Gasteiger partial charge in [-0.2, -0.15) is 4.31 Å². The van der Waals surface area contributed by atoms with Gasteiger partial charge in [-0.15, -0.1) is 6.58 Å². The minimum absolute atomic E-state index is 0.0445. The number of rotatable bonds is 15. The fraction of sp³-hybridized carbons (Fsp3) is 0.684. The van der Waals surface area contributed by atoms with Crippen LogP contribution in [0.15, 0.2) is 42.1 Å². The highest BCUT2D eigenvalue weighted by atomic mass is 32.2. The van der Waals surface area contributed by atoms with E-state index in [9.17, 15) is 32.4 Å². The Kier molecular flexibility index (Phi) is 12.1. The van der Waals surface area contributed by atoms with E-state index in [1.54, 1.807) is 17.0 Å². The Bertz CT molecular complexity index is 1670. The molecule has 5 amide bonds. The van der Waals surface area contributed by atoms with Gasteiger partial charge in [-0.25, -0.2) is 18.2 Å². The van der Waals surface area contributed by atoms with Crippen molar-refractivity contribution in [1.29, 1.82) is 0 Å². The summed E-state index contributed by atoms with van der Waals surface area (Å²) in [6, 6.07) is 0.616. The highest BCUT2D eigenvalue weighted by Crippen LogP contribution is 2.65. The molecular weight excluding hydrogens is 699 g/mol. The number of aromatic nitrogens is 1. The molecule has 5 rings (SSSR count). The van der Waals surface area contributed by atoms with E-state index < -0.39 is 63.2 Å². The summed E-state index contributed by atoms with van der Waals surface area (Å²) < 4.78 is 27.8. The van der Waals surface area contributed by atoms with Crippen molar-refractivity contribution in [2.24, 2.45) is 34.5 Å². The van der Waals surface area contributed by atoms with Gasteiger partial charge in [-0.3, -0.25) is 19.2 Å². The number of likely N-dealkylation sites (N-methyl/N-ethyl adjacent to an activating group) is 1. The number of fused-ring (bicyclic) bond motifs is 1. The molecule has 15 heteroatoms. The van der Waals surface area contributed by atoms with E-state index in [0.29, 0.717) is 19.4 Å². The number of hydrogen-bond acceptors (Lipinski definition) is 8. The second-order valence-corrected chi connectivity index (χ2v) is 18.9. The van der Waals surface area contributed by atoms with Crippen molar-refractivity contribution < 1.29 is 32.4 Å².